The third-order valence-corrected chi connectivity index (χ3v) is 2.46. The number of carboxylic acids is 1. The lowest BCUT2D eigenvalue weighted by atomic mass is 9.78. The van der Waals surface area contributed by atoms with Crippen molar-refractivity contribution >= 4 is 18.6 Å². The number of hydrogen-bond acceptors (Lipinski definition) is 3. The molecule has 1 aromatic carbocycles. The van der Waals surface area contributed by atoms with Gasteiger partial charge in [-0.25, -0.2) is 4.79 Å². The highest BCUT2D eigenvalue weighted by Gasteiger charge is 2.15. The van der Waals surface area contributed by atoms with Crippen molar-refractivity contribution in [1.29, 1.82) is 0 Å². The standard InChI is InChI=1S/C11H15BO4/c1-2-3-4-8-7-9(12(15)16)5-6-10(8)11(13)14/h5-7,15-16H,2-4H2,1H3,(H,13,14). The molecule has 3 N–H and O–H groups in total. The summed E-state index contributed by atoms with van der Waals surface area (Å²) in [7, 11) is -1.55. The maximum Gasteiger partial charge on any atom is 0.488 e. The first-order valence-electron chi connectivity index (χ1n) is 5.28. The smallest absolute Gasteiger partial charge is 0.478 e. The van der Waals surface area contributed by atoms with Gasteiger partial charge < -0.3 is 15.2 Å². The lowest BCUT2D eigenvalue weighted by molar-refractivity contribution is 0.0695. The lowest BCUT2D eigenvalue weighted by Crippen LogP contribution is -2.30. The van der Waals surface area contributed by atoms with Crippen LogP contribution in [0, 0.1) is 0 Å². The first-order chi connectivity index (χ1) is 7.56. The molecule has 0 aliphatic heterocycles. The Balaban J connectivity index is 3.05. The molecule has 1 aromatic rings. The number of aromatic carboxylic acids is 1. The average molecular weight is 222 g/mol. The molecule has 0 saturated carbocycles. The Bertz CT molecular complexity index is 376. The van der Waals surface area contributed by atoms with E-state index < -0.39 is 13.1 Å². The number of carbonyl (C=O) groups is 1. The number of carboxylic acid groups (broad SMARTS) is 1. The first-order valence-corrected chi connectivity index (χ1v) is 5.28. The molecule has 0 aliphatic rings. The minimum atomic E-state index is -1.55. The predicted octanol–water partition coefficient (Wildman–Crippen LogP) is 0.407. The van der Waals surface area contributed by atoms with Crippen LogP contribution in [0.1, 0.15) is 35.7 Å². The molecule has 0 saturated heterocycles. The van der Waals surface area contributed by atoms with Crippen LogP contribution in [0.4, 0.5) is 0 Å². The van der Waals surface area contributed by atoms with Gasteiger partial charge in [0.2, 0.25) is 0 Å². The van der Waals surface area contributed by atoms with Crippen LogP contribution >= 0.6 is 0 Å². The van der Waals surface area contributed by atoms with Crippen molar-refractivity contribution in [2.45, 2.75) is 26.2 Å². The molecule has 0 amide bonds. The second-order valence-electron chi connectivity index (χ2n) is 3.70. The molecule has 0 radical (unpaired) electrons. The van der Waals surface area contributed by atoms with Crippen LogP contribution in [-0.4, -0.2) is 28.2 Å². The van der Waals surface area contributed by atoms with Crippen molar-refractivity contribution in [2.24, 2.45) is 0 Å². The van der Waals surface area contributed by atoms with Gasteiger partial charge in [-0.05, 0) is 29.9 Å². The Morgan fingerprint density at radius 1 is 1.38 bits per heavy atom. The molecule has 5 heteroatoms. The molecule has 4 nitrogen and oxygen atoms in total. The van der Waals surface area contributed by atoms with E-state index in [4.69, 9.17) is 15.2 Å². The summed E-state index contributed by atoms with van der Waals surface area (Å²) in [5.74, 6) is -0.981. The molecule has 16 heavy (non-hydrogen) atoms. The summed E-state index contributed by atoms with van der Waals surface area (Å²) in [6, 6.07) is 4.38. The van der Waals surface area contributed by atoms with Crippen LogP contribution in [0.2, 0.25) is 0 Å². The summed E-state index contributed by atoms with van der Waals surface area (Å²) in [5, 5.41) is 27.0. The Labute approximate surface area is 94.7 Å². The Morgan fingerprint density at radius 3 is 2.56 bits per heavy atom. The zero-order valence-electron chi connectivity index (χ0n) is 9.18. The molecular weight excluding hydrogens is 207 g/mol. The fourth-order valence-electron chi connectivity index (χ4n) is 1.56. The molecule has 1 rings (SSSR count). The zero-order chi connectivity index (χ0) is 12.1. The number of aryl methyl sites for hydroxylation is 1. The third kappa shape index (κ3) is 3.08. The van der Waals surface area contributed by atoms with Crippen molar-refractivity contribution in [1.82, 2.24) is 0 Å². The van der Waals surface area contributed by atoms with E-state index in [1.807, 2.05) is 6.92 Å². The fraction of sp³-hybridized carbons (Fsp3) is 0.364. The van der Waals surface area contributed by atoms with Crippen LogP contribution in [0.25, 0.3) is 0 Å². The maximum absolute atomic E-state index is 10.9. The van der Waals surface area contributed by atoms with Gasteiger partial charge in [-0.2, -0.15) is 0 Å². The summed E-state index contributed by atoms with van der Waals surface area (Å²) in [5.41, 5.74) is 1.22. The topological polar surface area (TPSA) is 77.8 Å². The van der Waals surface area contributed by atoms with Crippen molar-refractivity contribution in [3.05, 3.63) is 29.3 Å². The van der Waals surface area contributed by atoms with E-state index in [9.17, 15) is 4.79 Å². The molecule has 86 valence electrons. The fourth-order valence-corrected chi connectivity index (χ4v) is 1.56. The second-order valence-corrected chi connectivity index (χ2v) is 3.70. The number of benzene rings is 1. The Hall–Kier alpha value is -1.33. The lowest BCUT2D eigenvalue weighted by Gasteiger charge is -2.08. The van der Waals surface area contributed by atoms with E-state index in [2.05, 4.69) is 0 Å². The highest BCUT2D eigenvalue weighted by Crippen LogP contribution is 2.11. The molecule has 0 aromatic heterocycles. The van der Waals surface area contributed by atoms with Gasteiger partial charge in [-0.3, -0.25) is 0 Å². The Morgan fingerprint density at radius 2 is 2.06 bits per heavy atom. The first kappa shape index (κ1) is 12.7. The summed E-state index contributed by atoms with van der Waals surface area (Å²) in [4.78, 5) is 10.9. The molecule has 0 atom stereocenters. The normalized spacial score (nSPS) is 10.2. The van der Waals surface area contributed by atoms with Gasteiger partial charge in [0, 0.05) is 0 Å². The minimum absolute atomic E-state index is 0.234. The summed E-state index contributed by atoms with van der Waals surface area (Å²) < 4.78 is 0. The molecule has 0 fully saturated rings. The van der Waals surface area contributed by atoms with Crippen LogP contribution in [0.3, 0.4) is 0 Å². The van der Waals surface area contributed by atoms with E-state index in [1.54, 1.807) is 6.07 Å². The maximum atomic E-state index is 10.9. The molecule has 0 aliphatic carbocycles. The van der Waals surface area contributed by atoms with Gasteiger partial charge in [-0.15, -0.1) is 0 Å². The van der Waals surface area contributed by atoms with Gasteiger partial charge >= 0.3 is 13.1 Å². The monoisotopic (exact) mass is 222 g/mol. The second kappa shape index (κ2) is 5.68. The van der Waals surface area contributed by atoms with Crippen molar-refractivity contribution in [3.63, 3.8) is 0 Å². The van der Waals surface area contributed by atoms with Crippen molar-refractivity contribution < 1.29 is 19.9 Å². The Kier molecular flexibility index (Phi) is 4.52. The highest BCUT2D eigenvalue weighted by atomic mass is 16.4. The molecule has 0 bridgehead atoms. The summed E-state index contributed by atoms with van der Waals surface area (Å²) in [6.07, 6.45) is 2.48. The van der Waals surface area contributed by atoms with E-state index in [1.165, 1.54) is 12.1 Å². The van der Waals surface area contributed by atoms with E-state index in [-0.39, 0.29) is 5.56 Å². The highest BCUT2D eigenvalue weighted by molar-refractivity contribution is 6.58. The van der Waals surface area contributed by atoms with E-state index >= 15 is 0 Å². The molecular formula is C11H15BO4. The minimum Gasteiger partial charge on any atom is -0.478 e. The number of unbranched alkanes of at least 4 members (excludes halogenated alkanes) is 1. The zero-order valence-corrected chi connectivity index (χ0v) is 9.18. The summed E-state index contributed by atoms with van der Waals surface area (Å²) in [6.45, 7) is 2.02. The van der Waals surface area contributed by atoms with Crippen LogP contribution < -0.4 is 5.46 Å². The van der Waals surface area contributed by atoms with Gasteiger partial charge in [0.05, 0.1) is 5.56 Å². The van der Waals surface area contributed by atoms with Gasteiger partial charge in [0.1, 0.15) is 0 Å². The van der Waals surface area contributed by atoms with E-state index in [0.717, 1.165) is 12.8 Å². The number of hydrogen-bond donors (Lipinski definition) is 3. The largest absolute Gasteiger partial charge is 0.488 e. The van der Waals surface area contributed by atoms with E-state index in [0.29, 0.717) is 17.4 Å². The molecule has 0 heterocycles. The third-order valence-electron chi connectivity index (χ3n) is 2.46. The predicted molar refractivity (Wildman–Crippen MR) is 61.8 cm³/mol. The van der Waals surface area contributed by atoms with Crippen LogP contribution in [0.15, 0.2) is 18.2 Å². The SMILES string of the molecule is CCCCc1cc(B(O)O)ccc1C(=O)O. The van der Waals surface area contributed by atoms with Gasteiger partial charge in [0.15, 0.2) is 0 Å². The molecule has 0 unspecified atom stereocenters. The quantitative estimate of drug-likeness (QED) is 0.630. The molecule has 0 spiro atoms. The van der Waals surface area contributed by atoms with Crippen LogP contribution in [0.5, 0.6) is 0 Å². The van der Waals surface area contributed by atoms with Gasteiger partial charge in [0.25, 0.3) is 0 Å². The summed E-state index contributed by atoms with van der Waals surface area (Å²) >= 11 is 0. The van der Waals surface area contributed by atoms with Crippen molar-refractivity contribution in [3.8, 4) is 0 Å². The average Bonchev–Trinajstić information content (AvgIpc) is 2.25. The van der Waals surface area contributed by atoms with Crippen LogP contribution in [-0.2, 0) is 6.42 Å². The number of rotatable bonds is 5. The van der Waals surface area contributed by atoms with Gasteiger partial charge in [-0.1, -0.05) is 25.5 Å². The van der Waals surface area contributed by atoms with Crippen molar-refractivity contribution in [2.75, 3.05) is 0 Å².